The van der Waals surface area contributed by atoms with Crippen LogP contribution in [0.5, 0.6) is 0 Å². The third kappa shape index (κ3) is 2.30. The number of nitrogens with two attached hydrogens (primary N) is 1. The van der Waals surface area contributed by atoms with Gasteiger partial charge >= 0.3 is 0 Å². The van der Waals surface area contributed by atoms with E-state index in [0.29, 0.717) is 10.6 Å². The summed E-state index contributed by atoms with van der Waals surface area (Å²) in [5, 5.41) is 0.911. The second-order valence-electron chi connectivity index (χ2n) is 4.83. The van der Waals surface area contributed by atoms with Crippen LogP contribution in [0.15, 0.2) is 12.3 Å². The van der Waals surface area contributed by atoms with Crippen molar-refractivity contribution in [3.63, 3.8) is 0 Å². The van der Waals surface area contributed by atoms with E-state index in [1.54, 1.807) is 11.1 Å². The minimum Gasteiger partial charge on any atom is -0.397 e. The SMILES string of the molecule is CCC(C)N(C)C(=O)c1sc2nccc(C)c2c1N. The first-order chi connectivity index (χ1) is 8.97. The number of fused-ring (bicyclic) bond motifs is 1. The molecule has 1 amide bonds. The van der Waals surface area contributed by atoms with E-state index >= 15 is 0 Å². The fourth-order valence-electron chi connectivity index (χ4n) is 2.00. The number of nitrogens with zero attached hydrogens (tertiary/aromatic N) is 2. The lowest BCUT2D eigenvalue weighted by Gasteiger charge is -2.23. The Kier molecular flexibility index (Phi) is 3.75. The number of hydrogen-bond acceptors (Lipinski definition) is 4. The second kappa shape index (κ2) is 5.17. The highest BCUT2D eigenvalue weighted by atomic mass is 32.1. The molecular formula is C14H19N3OS. The highest BCUT2D eigenvalue weighted by Crippen LogP contribution is 2.35. The van der Waals surface area contributed by atoms with E-state index in [1.807, 2.05) is 27.0 Å². The molecule has 5 heteroatoms. The number of amides is 1. The van der Waals surface area contributed by atoms with E-state index in [9.17, 15) is 4.79 Å². The van der Waals surface area contributed by atoms with E-state index in [-0.39, 0.29) is 11.9 Å². The van der Waals surface area contributed by atoms with Gasteiger partial charge in [-0.25, -0.2) is 4.98 Å². The number of anilines is 1. The Bertz CT molecular complexity index is 620. The van der Waals surface area contributed by atoms with Crippen LogP contribution in [0.2, 0.25) is 0 Å². The van der Waals surface area contributed by atoms with Crippen molar-refractivity contribution in [2.45, 2.75) is 33.2 Å². The lowest BCUT2D eigenvalue weighted by atomic mass is 10.1. The van der Waals surface area contributed by atoms with Gasteiger partial charge in [0.1, 0.15) is 9.71 Å². The Labute approximate surface area is 117 Å². The molecule has 19 heavy (non-hydrogen) atoms. The Morgan fingerprint density at radius 1 is 1.58 bits per heavy atom. The van der Waals surface area contributed by atoms with Gasteiger partial charge in [-0.2, -0.15) is 0 Å². The summed E-state index contributed by atoms with van der Waals surface area (Å²) in [4.78, 5) is 19.9. The largest absolute Gasteiger partial charge is 0.397 e. The van der Waals surface area contributed by atoms with Gasteiger partial charge in [-0.3, -0.25) is 4.79 Å². The maximum atomic E-state index is 12.5. The summed E-state index contributed by atoms with van der Waals surface area (Å²) in [5.41, 5.74) is 7.76. The van der Waals surface area contributed by atoms with E-state index in [0.717, 1.165) is 22.2 Å². The molecule has 0 aliphatic rings. The molecule has 1 atom stereocenters. The minimum atomic E-state index is -0.0192. The van der Waals surface area contributed by atoms with Gasteiger partial charge in [0.25, 0.3) is 5.91 Å². The summed E-state index contributed by atoms with van der Waals surface area (Å²) >= 11 is 1.38. The Morgan fingerprint density at radius 3 is 2.84 bits per heavy atom. The number of carbonyl (C=O) groups excluding carboxylic acids is 1. The molecule has 0 fully saturated rings. The van der Waals surface area contributed by atoms with Crippen LogP contribution in [-0.2, 0) is 0 Å². The molecular weight excluding hydrogens is 258 g/mol. The summed E-state index contributed by atoms with van der Waals surface area (Å²) in [6, 6.07) is 2.11. The van der Waals surface area contributed by atoms with Gasteiger partial charge < -0.3 is 10.6 Å². The van der Waals surface area contributed by atoms with Crippen LogP contribution in [0, 0.1) is 6.92 Å². The van der Waals surface area contributed by atoms with Crippen molar-refractivity contribution in [2.75, 3.05) is 12.8 Å². The zero-order chi connectivity index (χ0) is 14.2. The maximum absolute atomic E-state index is 12.5. The van der Waals surface area contributed by atoms with Gasteiger partial charge in [0.15, 0.2) is 0 Å². The Balaban J connectivity index is 2.49. The van der Waals surface area contributed by atoms with Gasteiger partial charge in [0.2, 0.25) is 0 Å². The van der Waals surface area contributed by atoms with Crippen LogP contribution in [0.25, 0.3) is 10.2 Å². The van der Waals surface area contributed by atoms with Crippen molar-refractivity contribution >= 4 is 33.1 Å². The first kappa shape index (κ1) is 13.8. The maximum Gasteiger partial charge on any atom is 0.266 e. The average Bonchev–Trinajstić information content (AvgIpc) is 2.74. The van der Waals surface area contributed by atoms with Crippen LogP contribution in [0.3, 0.4) is 0 Å². The van der Waals surface area contributed by atoms with Crippen LogP contribution in [0.1, 0.15) is 35.5 Å². The third-order valence-electron chi connectivity index (χ3n) is 3.60. The minimum absolute atomic E-state index is 0.0192. The molecule has 2 aromatic rings. The molecule has 0 bridgehead atoms. The zero-order valence-electron chi connectivity index (χ0n) is 11.7. The van der Waals surface area contributed by atoms with Crippen LogP contribution in [0.4, 0.5) is 5.69 Å². The summed E-state index contributed by atoms with van der Waals surface area (Å²) in [7, 11) is 1.82. The Morgan fingerprint density at radius 2 is 2.26 bits per heavy atom. The lowest BCUT2D eigenvalue weighted by Crippen LogP contribution is -2.34. The van der Waals surface area contributed by atoms with Gasteiger partial charge in [-0.15, -0.1) is 11.3 Å². The number of nitrogen functional groups attached to an aromatic ring is 1. The smallest absolute Gasteiger partial charge is 0.266 e. The van der Waals surface area contributed by atoms with E-state index in [4.69, 9.17) is 5.73 Å². The number of aromatic nitrogens is 1. The van der Waals surface area contributed by atoms with Crippen molar-refractivity contribution < 1.29 is 4.79 Å². The molecule has 0 spiro atoms. The monoisotopic (exact) mass is 277 g/mol. The van der Waals surface area contributed by atoms with Gasteiger partial charge in [-0.1, -0.05) is 6.92 Å². The van der Waals surface area contributed by atoms with Gasteiger partial charge in [0, 0.05) is 24.7 Å². The topological polar surface area (TPSA) is 59.2 Å². The average molecular weight is 277 g/mol. The van der Waals surface area contributed by atoms with E-state index in [1.165, 1.54) is 11.3 Å². The molecule has 102 valence electrons. The Hall–Kier alpha value is -1.62. The standard InChI is InChI=1S/C14H19N3OS/c1-5-9(3)17(4)14(18)12-11(15)10-8(2)6-7-16-13(10)19-12/h6-7,9H,5,15H2,1-4H3. The normalized spacial score (nSPS) is 12.6. The third-order valence-corrected chi connectivity index (χ3v) is 4.71. The first-order valence-corrected chi connectivity index (χ1v) is 7.19. The van der Waals surface area contributed by atoms with Crippen LogP contribution in [-0.4, -0.2) is 28.9 Å². The van der Waals surface area contributed by atoms with Gasteiger partial charge in [-0.05, 0) is 31.9 Å². The highest BCUT2D eigenvalue weighted by Gasteiger charge is 2.23. The van der Waals surface area contributed by atoms with Crippen LogP contribution < -0.4 is 5.73 Å². The molecule has 2 aromatic heterocycles. The number of thiophene rings is 1. The predicted octanol–water partition coefficient (Wildman–Crippen LogP) is 3.06. The number of rotatable bonds is 3. The summed E-state index contributed by atoms with van der Waals surface area (Å²) in [6.45, 7) is 6.08. The molecule has 0 aliphatic carbocycles. The van der Waals surface area contributed by atoms with Crippen LogP contribution >= 0.6 is 11.3 Å². The second-order valence-corrected chi connectivity index (χ2v) is 5.83. The number of hydrogen-bond donors (Lipinski definition) is 1. The number of aryl methyl sites for hydroxylation is 1. The molecule has 0 saturated carbocycles. The lowest BCUT2D eigenvalue weighted by molar-refractivity contribution is 0.0746. The van der Waals surface area contributed by atoms with Gasteiger partial charge in [0.05, 0.1) is 5.69 Å². The molecule has 2 rings (SSSR count). The molecule has 0 aliphatic heterocycles. The highest BCUT2D eigenvalue weighted by molar-refractivity contribution is 7.21. The molecule has 0 aromatic carbocycles. The van der Waals surface area contributed by atoms with Crippen molar-refractivity contribution in [3.8, 4) is 0 Å². The summed E-state index contributed by atoms with van der Waals surface area (Å²) in [6.07, 6.45) is 2.67. The first-order valence-electron chi connectivity index (χ1n) is 6.38. The molecule has 2 heterocycles. The zero-order valence-corrected chi connectivity index (χ0v) is 12.5. The van der Waals surface area contributed by atoms with Crippen molar-refractivity contribution in [1.82, 2.24) is 9.88 Å². The number of pyridine rings is 1. The van der Waals surface area contributed by atoms with Crippen molar-refractivity contribution in [3.05, 3.63) is 22.7 Å². The van der Waals surface area contributed by atoms with Crippen molar-refractivity contribution in [2.24, 2.45) is 0 Å². The molecule has 1 unspecified atom stereocenters. The molecule has 2 N–H and O–H groups in total. The molecule has 0 saturated heterocycles. The predicted molar refractivity (Wildman–Crippen MR) is 80.6 cm³/mol. The molecule has 0 radical (unpaired) electrons. The van der Waals surface area contributed by atoms with E-state index < -0.39 is 0 Å². The van der Waals surface area contributed by atoms with E-state index in [2.05, 4.69) is 11.9 Å². The summed E-state index contributed by atoms with van der Waals surface area (Å²) in [5.74, 6) is -0.0192. The van der Waals surface area contributed by atoms with Crippen molar-refractivity contribution in [1.29, 1.82) is 0 Å². The quantitative estimate of drug-likeness (QED) is 0.938. The fraction of sp³-hybridized carbons (Fsp3) is 0.429. The number of carbonyl (C=O) groups is 1. The molecule has 4 nitrogen and oxygen atoms in total. The fourth-order valence-corrected chi connectivity index (χ4v) is 3.12. The summed E-state index contributed by atoms with van der Waals surface area (Å²) < 4.78 is 0.